The van der Waals surface area contributed by atoms with E-state index in [1.807, 2.05) is 24.4 Å². The molecule has 0 amide bonds. The number of nitrogens with zero attached hydrogens (tertiary/aromatic N) is 3. The van der Waals surface area contributed by atoms with Crippen molar-refractivity contribution in [1.82, 2.24) is 19.7 Å². The highest BCUT2D eigenvalue weighted by Crippen LogP contribution is 2.32. The van der Waals surface area contributed by atoms with E-state index in [-0.39, 0.29) is 12.1 Å². The van der Waals surface area contributed by atoms with Crippen molar-refractivity contribution in [2.75, 3.05) is 13.2 Å². The predicted molar refractivity (Wildman–Crippen MR) is 121 cm³/mol. The molecule has 1 unspecified atom stereocenters. The number of fused-ring (bicyclic) bond motifs is 1. The highest BCUT2D eigenvalue weighted by Gasteiger charge is 2.24. The van der Waals surface area contributed by atoms with Crippen LogP contribution in [0.1, 0.15) is 35.9 Å². The molecule has 0 saturated carbocycles. The van der Waals surface area contributed by atoms with Crippen LogP contribution < -0.4 is 0 Å². The van der Waals surface area contributed by atoms with Gasteiger partial charge in [0.05, 0.1) is 31.3 Å². The van der Waals surface area contributed by atoms with E-state index in [9.17, 15) is 4.79 Å². The molecule has 4 aromatic rings. The number of carbonyl (C=O) groups is 1. The van der Waals surface area contributed by atoms with Crippen LogP contribution in [0.3, 0.4) is 0 Å². The number of aromatic amines is 1. The van der Waals surface area contributed by atoms with Gasteiger partial charge < -0.3 is 18.9 Å². The molecule has 8 nitrogen and oxygen atoms in total. The van der Waals surface area contributed by atoms with Crippen molar-refractivity contribution < 1.29 is 18.7 Å². The molecular weight excluding hydrogens is 428 g/mol. The van der Waals surface area contributed by atoms with Crippen molar-refractivity contribution in [2.45, 2.75) is 43.3 Å². The standard InChI is InChI=1S/C23H24N4O4S/c1-2-29-22(28)17-9-11-31-20(17)14-32-23-26-25-21(27(23)13-15-6-5-10-30-15)18-12-24-19-8-4-3-7-16(18)19/h3-4,7-9,11-12,15,24H,2,5-6,10,13-14H2,1H3. The SMILES string of the molecule is CCOC(=O)c1ccoc1CSc1nnc(-c2c[nH]c3ccccc23)n1CC1CCCO1. The van der Waals surface area contributed by atoms with Gasteiger partial charge in [0.2, 0.25) is 0 Å². The number of para-hydroxylation sites is 1. The molecule has 1 saturated heterocycles. The number of hydrogen-bond donors (Lipinski definition) is 1. The molecule has 1 atom stereocenters. The zero-order valence-electron chi connectivity index (χ0n) is 17.7. The van der Waals surface area contributed by atoms with Crippen LogP contribution in [0.2, 0.25) is 0 Å². The molecule has 0 bridgehead atoms. The Hall–Kier alpha value is -3.04. The Labute approximate surface area is 189 Å². The Morgan fingerprint density at radius 3 is 3.06 bits per heavy atom. The Bertz CT molecular complexity index is 1220. The number of thioether (sulfide) groups is 1. The predicted octanol–water partition coefficient (Wildman–Crippen LogP) is 4.67. The molecule has 32 heavy (non-hydrogen) atoms. The summed E-state index contributed by atoms with van der Waals surface area (Å²) in [6.45, 7) is 3.56. The number of esters is 1. The number of carbonyl (C=O) groups excluding carboxylic acids is 1. The fraction of sp³-hybridized carbons (Fsp3) is 0.348. The lowest BCUT2D eigenvalue weighted by Gasteiger charge is -2.14. The summed E-state index contributed by atoms with van der Waals surface area (Å²) < 4.78 is 18.7. The minimum absolute atomic E-state index is 0.132. The number of rotatable bonds is 8. The monoisotopic (exact) mass is 452 g/mol. The summed E-state index contributed by atoms with van der Waals surface area (Å²) in [6, 6.07) is 9.79. The van der Waals surface area contributed by atoms with Gasteiger partial charge in [-0.1, -0.05) is 30.0 Å². The third-order valence-corrected chi connectivity index (χ3v) is 6.50. The van der Waals surface area contributed by atoms with E-state index in [0.717, 1.165) is 46.9 Å². The molecular formula is C23H24N4O4S. The fourth-order valence-electron chi connectivity index (χ4n) is 3.98. The lowest BCUT2D eigenvalue weighted by atomic mass is 10.1. The number of ether oxygens (including phenoxy) is 2. The van der Waals surface area contributed by atoms with Crippen molar-refractivity contribution in [3.63, 3.8) is 0 Å². The van der Waals surface area contributed by atoms with E-state index < -0.39 is 0 Å². The minimum Gasteiger partial charge on any atom is -0.468 e. The van der Waals surface area contributed by atoms with Crippen LogP contribution in [-0.2, 0) is 21.8 Å². The van der Waals surface area contributed by atoms with Crippen LogP contribution >= 0.6 is 11.8 Å². The van der Waals surface area contributed by atoms with Crippen molar-refractivity contribution in [2.24, 2.45) is 0 Å². The van der Waals surface area contributed by atoms with Gasteiger partial charge in [-0.05, 0) is 31.9 Å². The van der Waals surface area contributed by atoms with Gasteiger partial charge >= 0.3 is 5.97 Å². The Kier molecular flexibility index (Phi) is 6.00. The highest BCUT2D eigenvalue weighted by atomic mass is 32.2. The fourth-order valence-corrected chi connectivity index (χ4v) is 4.88. The van der Waals surface area contributed by atoms with Crippen molar-refractivity contribution in [1.29, 1.82) is 0 Å². The highest BCUT2D eigenvalue weighted by molar-refractivity contribution is 7.98. The van der Waals surface area contributed by atoms with E-state index in [1.165, 1.54) is 18.0 Å². The Balaban J connectivity index is 1.45. The van der Waals surface area contributed by atoms with Gasteiger partial charge in [-0.3, -0.25) is 4.57 Å². The van der Waals surface area contributed by atoms with E-state index >= 15 is 0 Å². The van der Waals surface area contributed by atoms with Crippen LogP contribution in [0.15, 0.2) is 52.4 Å². The first kappa shape index (κ1) is 20.8. The van der Waals surface area contributed by atoms with Gasteiger partial charge in [0.25, 0.3) is 0 Å². The molecule has 0 spiro atoms. The zero-order chi connectivity index (χ0) is 21.9. The van der Waals surface area contributed by atoms with Gasteiger partial charge in [0, 0.05) is 29.3 Å². The lowest BCUT2D eigenvalue weighted by Crippen LogP contribution is -2.16. The molecule has 166 valence electrons. The maximum absolute atomic E-state index is 12.2. The van der Waals surface area contributed by atoms with Gasteiger partial charge in [0.1, 0.15) is 11.3 Å². The van der Waals surface area contributed by atoms with Crippen LogP contribution in [0, 0.1) is 0 Å². The van der Waals surface area contributed by atoms with E-state index in [2.05, 4.69) is 25.8 Å². The van der Waals surface area contributed by atoms with E-state index in [1.54, 1.807) is 13.0 Å². The molecule has 0 radical (unpaired) electrons. The molecule has 0 aliphatic carbocycles. The Morgan fingerprint density at radius 1 is 1.31 bits per heavy atom. The van der Waals surface area contributed by atoms with Crippen LogP contribution in [0.25, 0.3) is 22.3 Å². The molecule has 1 N–H and O–H groups in total. The topological polar surface area (TPSA) is 95.2 Å². The first-order valence-electron chi connectivity index (χ1n) is 10.7. The molecule has 1 fully saturated rings. The van der Waals surface area contributed by atoms with Crippen molar-refractivity contribution >= 4 is 28.6 Å². The molecule has 5 rings (SSSR count). The average molecular weight is 453 g/mol. The summed E-state index contributed by atoms with van der Waals surface area (Å²) in [5, 5.41) is 10.9. The summed E-state index contributed by atoms with van der Waals surface area (Å²) in [7, 11) is 0. The molecule has 1 aliphatic heterocycles. The maximum atomic E-state index is 12.2. The van der Waals surface area contributed by atoms with E-state index in [0.29, 0.717) is 30.2 Å². The van der Waals surface area contributed by atoms with Crippen LogP contribution in [0.5, 0.6) is 0 Å². The molecule has 4 heterocycles. The second-order valence-corrected chi connectivity index (χ2v) is 8.51. The molecule has 1 aromatic carbocycles. The van der Waals surface area contributed by atoms with Gasteiger partial charge in [-0.2, -0.15) is 0 Å². The van der Waals surface area contributed by atoms with Crippen LogP contribution in [0.4, 0.5) is 0 Å². The summed E-state index contributed by atoms with van der Waals surface area (Å²) in [6.07, 6.45) is 5.69. The van der Waals surface area contributed by atoms with E-state index in [4.69, 9.17) is 13.9 Å². The smallest absolute Gasteiger partial charge is 0.341 e. The number of benzene rings is 1. The summed E-state index contributed by atoms with van der Waals surface area (Å²) in [5.41, 5.74) is 2.50. The first-order valence-corrected chi connectivity index (χ1v) is 11.7. The third-order valence-electron chi connectivity index (χ3n) is 5.53. The second kappa shape index (κ2) is 9.22. The van der Waals surface area contributed by atoms with Crippen molar-refractivity contribution in [3.8, 4) is 11.4 Å². The Morgan fingerprint density at radius 2 is 2.22 bits per heavy atom. The summed E-state index contributed by atoms with van der Waals surface area (Å²) in [5.74, 6) is 1.43. The third kappa shape index (κ3) is 4.05. The number of nitrogens with one attached hydrogen (secondary N) is 1. The van der Waals surface area contributed by atoms with Gasteiger partial charge in [0.15, 0.2) is 11.0 Å². The average Bonchev–Trinajstić information content (AvgIpc) is 3.60. The lowest BCUT2D eigenvalue weighted by molar-refractivity contribution is 0.0524. The number of aromatic nitrogens is 4. The number of H-pyrrole nitrogens is 1. The number of hydrogen-bond acceptors (Lipinski definition) is 7. The van der Waals surface area contributed by atoms with Gasteiger partial charge in [-0.25, -0.2) is 4.79 Å². The summed E-state index contributed by atoms with van der Waals surface area (Å²) in [4.78, 5) is 15.5. The number of furan rings is 1. The first-order chi connectivity index (χ1) is 15.7. The second-order valence-electron chi connectivity index (χ2n) is 7.57. The van der Waals surface area contributed by atoms with Gasteiger partial charge in [-0.15, -0.1) is 10.2 Å². The quantitative estimate of drug-likeness (QED) is 0.307. The summed E-state index contributed by atoms with van der Waals surface area (Å²) >= 11 is 1.48. The molecule has 1 aliphatic rings. The van der Waals surface area contributed by atoms with Crippen LogP contribution in [-0.4, -0.2) is 45.0 Å². The normalized spacial score (nSPS) is 16.1. The molecule has 9 heteroatoms. The largest absolute Gasteiger partial charge is 0.468 e. The maximum Gasteiger partial charge on any atom is 0.341 e. The van der Waals surface area contributed by atoms with Crippen molar-refractivity contribution in [3.05, 3.63) is 54.1 Å². The zero-order valence-corrected chi connectivity index (χ0v) is 18.6. The molecule has 3 aromatic heterocycles. The minimum atomic E-state index is -0.378.